The number of hydrogen-bond donors (Lipinski definition) is 2. The van der Waals surface area contributed by atoms with Crippen LogP contribution >= 0.6 is 11.6 Å². The second-order valence-corrected chi connectivity index (χ2v) is 16.1. The summed E-state index contributed by atoms with van der Waals surface area (Å²) in [4.78, 5) is 28.2. The van der Waals surface area contributed by atoms with Gasteiger partial charge in [0.25, 0.3) is 0 Å². The molecule has 2 unspecified atom stereocenters. The third-order valence-electron chi connectivity index (χ3n) is 12.4. The van der Waals surface area contributed by atoms with Gasteiger partial charge in [-0.1, -0.05) is 157 Å². The van der Waals surface area contributed by atoms with Crippen molar-refractivity contribution in [2.75, 3.05) is 5.32 Å². The molecule has 3 heterocycles. The minimum Gasteiger partial charge on any atom is -0.481 e. The molecule has 0 radical (unpaired) electrons. The summed E-state index contributed by atoms with van der Waals surface area (Å²) in [5.41, 5.74) is 6.91. The summed E-state index contributed by atoms with van der Waals surface area (Å²) in [7, 11) is 0. The van der Waals surface area contributed by atoms with E-state index in [0.29, 0.717) is 39.1 Å². The number of aromatic nitrogens is 5. The van der Waals surface area contributed by atoms with E-state index in [1.807, 2.05) is 89.6 Å². The van der Waals surface area contributed by atoms with Crippen molar-refractivity contribution >= 4 is 34.4 Å². The lowest BCUT2D eigenvalue weighted by Crippen LogP contribution is -2.51. The number of fused-ring (bicyclic) bond motifs is 4. The lowest BCUT2D eigenvalue weighted by Gasteiger charge is -2.47. The predicted molar refractivity (Wildman–Crippen MR) is 233 cm³/mol. The fourth-order valence-corrected chi connectivity index (χ4v) is 9.86. The fraction of sp³-hybridized carbons (Fsp3) is 0.180. The third-order valence-corrected chi connectivity index (χ3v) is 12.6. The number of benzene rings is 5. The van der Waals surface area contributed by atoms with E-state index in [4.69, 9.17) is 31.7 Å². The molecule has 3 saturated carbocycles. The third kappa shape index (κ3) is 6.54. The Hall–Kier alpha value is -6.64. The predicted octanol–water partition coefficient (Wildman–Crippen LogP) is 11.0. The Morgan fingerprint density at radius 3 is 1.76 bits per heavy atom. The van der Waals surface area contributed by atoms with Crippen molar-refractivity contribution in [3.05, 3.63) is 186 Å². The number of carboxylic acid groups (broad SMARTS) is 1. The summed E-state index contributed by atoms with van der Waals surface area (Å²) in [6.45, 7) is 0. The van der Waals surface area contributed by atoms with E-state index in [1.54, 1.807) is 6.20 Å². The first-order valence-corrected chi connectivity index (χ1v) is 20.6. The van der Waals surface area contributed by atoms with Gasteiger partial charge in [-0.05, 0) is 71.4 Å². The zero-order chi connectivity index (χ0) is 39.9. The van der Waals surface area contributed by atoms with Crippen molar-refractivity contribution in [3.63, 3.8) is 0 Å². The van der Waals surface area contributed by atoms with Crippen LogP contribution in [0.25, 0.3) is 44.9 Å². The van der Waals surface area contributed by atoms with Gasteiger partial charge in [0, 0.05) is 23.9 Å². The smallest absolute Gasteiger partial charge is 0.308 e. The molecule has 3 aliphatic carbocycles. The summed E-state index contributed by atoms with van der Waals surface area (Å²) < 4.78 is 1.99. The van der Waals surface area contributed by atoms with E-state index in [2.05, 4.69) is 78.1 Å². The Morgan fingerprint density at radius 2 is 1.19 bits per heavy atom. The summed E-state index contributed by atoms with van der Waals surface area (Å²) in [5.74, 6) is 0.0452. The van der Waals surface area contributed by atoms with Gasteiger partial charge in [0.15, 0.2) is 11.5 Å². The molecular weight excluding hydrogens is 752 g/mol. The first-order chi connectivity index (χ1) is 29.0. The van der Waals surface area contributed by atoms with Crippen LogP contribution in [0.5, 0.6) is 0 Å². The number of rotatable bonds is 10. The molecule has 59 heavy (non-hydrogen) atoms. The summed E-state index contributed by atoms with van der Waals surface area (Å²) in [5, 5.41) is 20.8. The first kappa shape index (κ1) is 36.7. The van der Waals surface area contributed by atoms with Gasteiger partial charge in [-0.3, -0.25) is 4.79 Å². The maximum Gasteiger partial charge on any atom is 0.308 e. The van der Waals surface area contributed by atoms with Crippen LogP contribution in [-0.4, -0.2) is 41.9 Å². The molecule has 8 aromatic rings. The second kappa shape index (κ2) is 15.3. The summed E-state index contributed by atoms with van der Waals surface area (Å²) in [6.07, 6.45) is 5.53. The lowest BCUT2D eigenvalue weighted by molar-refractivity contribution is -0.148. The highest BCUT2D eigenvalue weighted by atomic mass is 35.5. The van der Waals surface area contributed by atoms with Crippen LogP contribution in [0.3, 0.4) is 0 Å². The molecule has 11 rings (SSSR count). The number of carboxylic acids is 1. The van der Waals surface area contributed by atoms with Crippen LogP contribution in [0.1, 0.15) is 42.4 Å². The van der Waals surface area contributed by atoms with Gasteiger partial charge in [0.1, 0.15) is 17.1 Å². The molecule has 0 amide bonds. The molecule has 5 aromatic carbocycles. The van der Waals surface area contributed by atoms with E-state index < -0.39 is 17.4 Å². The summed E-state index contributed by atoms with van der Waals surface area (Å²) in [6, 6.07) is 53.2. The number of nitrogens with zero attached hydrogens (tertiary/aromatic N) is 5. The average Bonchev–Trinajstić information content (AvgIpc) is 3.67. The van der Waals surface area contributed by atoms with E-state index in [-0.39, 0.29) is 17.9 Å². The molecular formula is C50H41ClN6O2. The van der Waals surface area contributed by atoms with Crippen LogP contribution < -0.4 is 5.32 Å². The van der Waals surface area contributed by atoms with Crippen LogP contribution in [-0.2, 0) is 10.3 Å². The van der Waals surface area contributed by atoms with Gasteiger partial charge in [-0.2, -0.15) is 5.10 Å². The quantitative estimate of drug-likeness (QED) is 0.133. The molecule has 3 aromatic heterocycles. The van der Waals surface area contributed by atoms with Crippen molar-refractivity contribution in [1.29, 1.82) is 0 Å². The second-order valence-electron chi connectivity index (χ2n) is 15.7. The van der Waals surface area contributed by atoms with Crippen molar-refractivity contribution in [3.8, 4) is 33.9 Å². The number of nitrogens with one attached hydrogen (secondary N) is 1. The van der Waals surface area contributed by atoms with E-state index in [0.717, 1.165) is 59.1 Å². The van der Waals surface area contributed by atoms with Gasteiger partial charge in [0.05, 0.1) is 22.0 Å². The van der Waals surface area contributed by atoms with Crippen LogP contribution in [0.4, 0.5) is 5.82 Å². The van der Waals surface area contributed by atoms with Crippen LogP contribution in [0, 0.1) is 17.8 Å². The Labute approximate surface area is 347 Å². The number of carbonyl (C=O) groups is 1. The number of aliphatic carboxylic acids is 1. The molecule has 0 saturated heterocycles. The SMILES string of the molecule is O=C(O)C1C2CCC(CC2)C1Nc1cc(-c2ccc(-c3ccccc3)cc2)nc(-c2nn(C(c3ccccc3)(c3ccccc3)c3ccccc3)c3ncc(Cl)cc23)n1. The van der Waals surface area contributed by atoms with Crippen molar-refractivity contribution in [2.24, 2.45) is 17.8 Å². The Morgan fingerprint density at radius 1 is 0.661 bits per heavy atom. The monoisotopic (exact) mass is 792 g/mol. The number of hydrogen-bond acceptors (Lipinski definition) is 6. The molecule has 0 aliphatic heterocycles. The molecule has 9 heteroatoms. The van der Waals surface area contributed by atoms with Crippen molar-refractivity contribution in [2.45, 2.75) is 37.3 Å². The number of anilines is 1. The molecule has 3 fully saturated rings. The van der Waals surface area contributed by atoms with Gasteiger partial charge >= 0.3 is 5.97 Å². The minimum absolute atomic E-state index is 0.135. The number of pyridine rings is 1. The highest BCUT2D eigenvalue weighted by Gasteiger charge is 2.47. The van der Waals surface area contributed by atoms with Gasteiger partial charge in [-0.25, -0.2) is 19.6 Å². The standard InChI is InChI=1S/C50H41ClN6O2/c51-40-29-41-46(56-57(48(41)52-31-40)50(37-15-7-2-8-16-37,38-17-9-3-10-18-38)39-19-11-4-12-20-39)47-53-42(34-23-21-33(22-24-34)32-13-5-1-6-14-32)30-43(55-47)54-45-36-27-25-35(26-28-36)44(45)49(58)59/h1-24,29-31,35-36,44-45H,25-28H2,(H,58,59)(H,53,54,55). The maximum absolute atomic E-state index is 12.8. The fourth-order valence-electron chi connectivity index (χ4n) is 9.70. The Bertz CT molecular complexity index is 2660. The van der Waals surface area contributed by atoms with E-state index in [9.17, 15) is 9.90 Å². The molecule has 2 bridgehead atoms. The van der Waals surface area contributed by atoms with Crippen molar-refractivity contribution < 1.29 is 9.90 Å². The zero-order valence-corrected chi connectivity index (χ0v) is 33.0. The molecule has 3 aliphatic rings. The van der Waals surface area contributed by atoms with Crippen LogP contribution in [0.2, 0.25) is 5.02 Å². The highest BCUT2D eigenvalue weighted by Crippen LogP contribution is 2.47. The topological polar surface area (TPSA) is 106 Å². The zero-order valence-electron chi connectivity index (χ0n) is 32.2. The highest BCUT2D eigenvalue weighted by molar-refractivity contribution is 6.31. The molecule has 2 atom stereocenters. The van der Waals surface area contributed by atoms with E-state index in [1.165, 1.54) is 0 Å². The van der Waals surface area contributed by atoms with Crippen molar-refractivity contribution in [1.82, 2.24) is 24.7 Å². The normalized spacial score (nSPS) is 18.8. The lowest BCUT2D eigenvalue weighted by atomic mass is 9.61. The Kier molecular flexibility index (Phi) is 9.49. The molecule has 0 spiro atoms. The van der Waals surface area contributed by atoms with Gasteiger partial charge < -0.3 is 10.4 Å². The van der Waals surface area contributed by atoms with Gasteiger partial charge in [-0.15, -0.1) is 0 Å². The molecule has 8 nitrogen and oxygen atoms in total. The summed E-state index contributed by atoms with van der Waals surface area (Å²) >= 11 is 6.78. The molecule has 290 valence electrons. The molecule has 2 N–H and O–H groups in total. The Balaban J connectivity index is 1.20. The number of halogens is 1. The largest absolute Gasteiger partial charge is 0.481 e. The maximum atomic E-state index is 12.8. The van der Waals surface area contributed by atoms with E-state index >= 15 is 0 Å². The average molecular weight is 793 g/mol. The first-order valence-electron chi connectivity index (χ1n) is 20.2. The van der Waals surface area contributed by atoms with Gasteiger partial charge in [0.2, 0.25) is 0 Å². The minimum atomic E-state index is -0.969. The van der Waals surface area contributed by atoms with Crippen LogP contribution in [0.15, 0.2) is 164 Å².